The van der Waals surface area contributed by atoms with Crippen molar-refractivity contribution in [1.29, 1.82) is 0 Å². The molecule has 20 heavy (non-hydrogen) atoms. The number of aliphatic hydroxyl groups is 2. The van der Waals surface area contributed by atoms with E-state index in [0.717, 1.165) is 11.1 Å². The van der Waals surface area contributed by atoms with Gasteiger partial charge in [0.05, 0.1) is 18.8 Å². The Hall–Kier alpha value is -1.59. The van der Waals surface area contributed by atoms with Crippen molar-refractivity contribution in [1.82, 2.24) is 5.32 Å². The number of rotatable bonds is 7. The molecule has 0 aliphatic rings. The molecule has 1 aromatic carbocycles. The summed E-state index contributed by atoms with van der Waals surface area (Å²) in [6.07, 6.45) is 0.440. The molecule has 3 N–H and O–H groups in total. The number of ether oxygens (including phenoxy) is 1. The van der Waals surface area contributed by atoms with Crippen LogP contribution < -0.4 is 10.1 Å². The molecule has 0 aromatic heterocycles. The number of aryl methyl sites for hydroxylation is 2. The molecule has 0 radical (unpaired) electrons. The van der Waals surface area contributed by atoms with Gasteiger partial charge in [0.15, 0.2) is 6.61 Å². The average Bonchev–Trinajstić information content (AvgIpc) is 2.44. The average molecular weight is 281 g/mol. The van der Waals surface area contributed by atoms with Crippen molar-refractivity contribution in [3.8, 4) is 5.75 Å². The molecular formula is C15H23NO4. The van der Waals surface area contributed by atoms with E-state index in [9.17, 15) is 15.0 Å². The van der Waals surface area contributed by atoms with E-state index in [-0.39, 0.29) is 25.7 Å². The zero-order valence-electron chi connectivity index (χ0n) is 12.3. The van der Waals surface area contributed by atoms with Crippen molar-refractivity contribution in [3.05, 3.63) is 29.3 Å². The maximum atomic E-state index is 11.8. The maximum Gasteiger partial charge on any atom is 0.258 e. The number of hydrogen-bond acceptors (Lipinski definition) is 4. The van der Waals surface area contributed by atoms with E-state index < -0.39 is 5.54 Å². The van der Waals surface area contributed by atoms with Crippen LogP contribution in [0, 0.1) is 13.8 Å². The van der Waals surface area contributed by atoms with Gasteiger partial charge in [-0.05, 0) is 31.9 Å². The maximum absolute atomic E-state index is 11.8. The predicted octanol–water partition coefficient (Wildman–Crippen LogP) is 0.932. The summed E-state index contributed by atoms with van der Waals surface area (Å²) in [5, 5.41) is 21.2. The third-order valence-corrected chi connectivity index (χ3v) is 3.38. The molecule has 1 rings (SSSR count). The lowest BCUT2D eigenvalue weighted by Gasteiger charge is -2.29. The van der Waals surface area contributed by atoms with Crippen molar-refractivity contribution >= 4 is 5.91 Å². The summed E-state index contributed by atoms with van der Waals surface area (Å²) in [6, 6.07) is 5.71. The van der Waals surface area contributed by atoms with Gasteiger partial charge < -0.3 is 20.3 Å². The highest BCUT2D eigenvalue weighted by molar-refractivity contribution is 5.78. The summed E-state index contributed by atoms with van der Waals surface area (Å²) in [5.41, 5.74) is 1.11. The summed E-state index contributed by atoms with van der Waals surface area (Å²) >= 11 is 0. The van der Waals surface area contributed by atoms with Crippen molar-refractivity contribution in [2.75, 3.05) is 19.8 Å². The molecule has 0 aliphatic heterocycles. The number of carbonyl (C=O) groups excluding carboxylic acids is 1. The first-order valence-electron chi connectivity index (χ1n) is 6.69. The number of nitrogens with one attached hydrogen (secondary N) is 1. The van der Waals surface area contributed by atoms with Gasteiger partial charge in [-0.3, -0.25) is 4.79 Å². The third kappa shape index (κ3) is 4.21. The molecular weight excluding hydrogens is 258 g/mol. The monoisotopic (exact) mass is 281 g/mol. The lowest BCUT2D eigenvalue weighted by atomic mass is 9.98. The van der Waals surface area contributed by atoms with Crippen LogP contribution in [0.1, 0.15) is 24.5 Å². The summed E-state index contributed by atoms with van der Waals surface area (Å²) in [6.45, 7) is 4.92. The fraction of sp³-hybridized carbons (Fsp3) is 0.533. The molecule has 0 spiro atoms. The van der Waals surface area contributed by atoms with Crippen LogP contribution in [0.5, 0.6) is 5.75 Å². The van der Waals surface area contributed by atoms with E-state index in [1.165, 1.54) is 0 Å². The highest BCUT2D eigenvalue weighted by atomic mass is 16.5. The van der Waals surface area contributed by atoms with Gasteiger partial charge in [-0.1, -0.05) is 24.6 Å². The van der Waals surface area contributed by atoms with Crippen LogP contribution in [-0.2, 0) is 4.79 Å². The van der Waals surface area contributed by atoms with E-state index in [4.69, 9.17) is 4.74 Å². The molecule has 1 aromatic rings. The quantitative estimate of drug-likeness (QED) is 0.695. The minimum absolute atomic E-state index is 0.147. The van der Waals surface area contributed by atoms with Crippen molar-refractivity contribution in [2.24, 2.45) is 0 Å². The molecule has 0 fully saturated rings. The summed E-state index contributed by atoms with van der Waals surface area (Å²) in [4.78, 5) is 11.8. The van der Waals surface area contributed by atoms with Gasteiger partial charge in [-0.2, -0.15) is 0 Å². The van der Waals surface area contributed by atoms with Gasteiger partial charge in [0.1, 0.15) is 5.75 Å². The van der Waals surface area contributed by atoms with Crippen LogP contribution in [0.4, 0.5) is 0 Å². The van der Waals surface area contributed by atoms with Crippen LogP contribution >= 0.6 is 0 Å². The number of carbonyl (C=O) groups is 1. The first kappa shape index (κ1) is 16.5. The SMILES string of the molecule is CCC(CO)(CO)NC(=O)COc1ccc(C)cc1C. The topological polar surface area (TPSA) is 78.8 Å². The molecule has 0 heterocycles. The first-order valence-corrected chi connectivity index (χ1v) is 6.69. The lowest BCUT2D eigenvalue weighted by molar-refractivity contribution is -0.126. The minimum Gasteiger partial charge on any atom is -0.484 e. The third-order valence-electron chi connectivity index (χ3n) is 3.38. The smallest absolute Gasteiger partial charge is 0.258 e. The van der Waals surface area contributed by atoms with Gasteiger partial charge in [-0.15, -0.1) is 0 Å². The number of aliphatic hydroxyl groups excluding tert-OH is 2. The standard InChI is InChI=1S/C15H23NO4/c1-4-15(9-17,10-18)16-14(19)8-20-13-6-5-11(2)7-12(13)3/h5-7,17-18H,4,8-10H2,1-3H3,(H,16,19). The zero-order chi connectivity index (χ0) is 15.2. The van der Waals surface area contributed by atoms with Gasteiger partial charge in [0.2, 0.25) is 0 Å². The van der Waals surface area contributed by atoms with Crippen molar-refractivity contribution < 1.29 is 19.7 Å². The van der Waals surface area contributed by atoms with Crippen LogP contribution in [0.2, 0.25) is 0 Å². The van der Waals surface area contributed by atoms with Crippen LogP contribution in [-0.4, -0.2) is 41.5 Å². The van der Waals surface area contributed by atoms with Gasteiger partial charge in [0, 0.05) is 0 Å². The Labute approximate surface area is 119 Å². The van der Waals surface area contributed by atoms with E-state index in [1.807, 2.05) is 32.0 Å². The van der Waals surface area contributed by atoms with E-state index in [1.54, 1.807) is 6.92 Å². The summed E-state index contributed by atoms with van der Waals surface area (Å²) in [7, 11) is 0. The molecule has 0 saturated heterocycles. The number of amides is 1. The van der Waals surface area contributed by atoms with Gasteiger partial charge >= 0.3 is 0 Å². The zero-order valence-corrected chi connectivity index (χ0v) is 12.3. The molecule has 5 nitrogen and oxygen atoms in total. The van der Waals surface area contributed by atoms with E-state index in [2.05, 4.69) is 5.32 Å². The molecule has 0 unspecified atom stereocenters. The van der Waals surface area contributed by atoms with Crippen LogP contribution in [0.3, 0.4) is 0 Å². The second-order valence-corrected chi connectivity index (χ2v) is 5.06. The Morgan fingerprint density at radius 3 is 2.45 bits per heavy atom. The lowest BCUT2D eigenvalue weighted by Crippen LogP contribution is -2.55. The second kappa shape index (κ2) is 7.26. The highest BCUT2D eigenvalue weighted by Crippen LogP contribution is 2.18. The van der Waals surface area contributed by atoms with E-state index >= 15 is 0 Å². The Morgan fingerprint density at radius 1 is 1.30 bits per heavy atom. The fourth-order valence-corrected chi connectivity index (χ4v) is 1.88. The van der Waals surface area contributed by atoms with Crippen LogP contribution in [0.15, 0.2) is 18.2 Å². The fourth-order valence-electron chi connectivity index (χ4n) is 1.88. The summed E-state index contributed by atoms with van der Waals surface area (Å²) in [5.74, 6) is 0.288. The van der Waals surface area contributed by atoms with Gasteiger partial charge in [0.25, 0.3) is 5.91 Å². The number of benzene rings is 1. The normalized spacial score (nSPS) is 11.2. The Bertz CT molecular complexity index is 447. The van der Waals surface area contributed by atoms with Gasteiger partial charge in [-0.25, -0.2) is 0 Å². The van der Waals surface area contributed by atoms with E-state index in [0.29, 0.717) is 12.2 Å². The molecule has 0 saturated carbocycles. The molecule has 112 valence electrons. The minimum atomic E-state index is -0.983. The second-order valence-electron chi connectivity index (χ2n) is 5.06. The molecule has 0 aliphatic carbocycles. The molecule has 1 amide bonds. The van der Waals surface area contributed by atoms with Crippen molar-refractivity contribution in [3.63, 3.8) is 0 Å². The van der Waals surface area contributed by atoms with Crippen molar-refractivity contribution in [2.45, 2.75) is 32.7 Å². The number of hydrogen-bond donors (Lipinski definition) is 3. The molecule has 0 atom stereocenters. The molecule has 0 bridgehead atoms. The first-order chi connectivity index (χ1) is 9.46. The predicted molar refractivity (Wildman–Crippen MR) is 76.7 cm³/mol. The Morgan fingerprint density at radius 2 is 1.95 bits per heavy atom. The summed E-state index contributed by atoms with van der Waals surface area (Å²) < 4.78 is 5.46. The molecule has 5 heteroatoms. The highest BCUT2D eigenvalue weighted by Gasteiger charge is 2.28. The van der Waals surface area contributed by atoms with Crippen LogP contribution in [0.25, 0.3) is 0 Å². The largest absolute Gasteiger partial charge is 0.484 e. The Kier molecular flexibility index (Phi) is 5.98. The Balaban J connectivity index is 2.59.